The molecular weight excluding hydrogens is 388 g/mol. The van der Waals surface area contributed by atoms with E-state index in [9.17, 15) is 9.59 Å². The normalized spacial score (nSPS) is 10.3. The maximum Gasteiger partial charge on any atom is 0.265 e. The summed E-state index contributed by atoms with van der Waals surface area (Å²) in [5.74, 6) is 0.979. The third-order valence-electron chi connectivity index (χ3n) is 4.33. The van der Waals surface area contributed by atoms with Gasteiger partial charge >= 0.3 is 0 Å². The molecule has 0 saturated heterocycles. The number of nitrogens with one attached hydrogen (secondary N) is 2. The lowest BCUT2D eigenvalue weighted by atomic mass is 10.1. The molecule has 6 nitrogen and oxygen atoms in total. The average Bonchev–Trinajstić information content (AvgIpc) is 3.29. The van der Waals surface area contributed by atoms with Gasteiger partial charge in [-0.3, -0.25) is 9.59 Å². The summed E-state index contributed by atoms with van der Waals surface area (Å²) in [7, 11) is 3.21. The molecule has 2 aromatic carbocycles. The topological polar surface area (TPSA) is 76.7 Å². The van der Waals surface area contributed by atoms with Crippen molar-refractivity contribution in [3.05, 3.63) is 76.0 Å². The van der Waals surface area contributed by atoms with Gasteiger partial charge in [0.05, 0.1) is 30.3 Å². The number of rotatable bonds is 8. The number of benzene rings is 2. The molecule has 1 heterocycles. The number of anilines is 1. The zero-order chi connectivity index (χ0) is 20.6. The predicted molar refractivity (Wildman–Crippen MR) is 114 cm³/mol. The van der Waals surface area contributed by atoms with E-state index in [-0.39, 0.29) is 11.8 Å². The lowest BCUT2D eigenvalue weighted by Crippen LogP contribution is -2.27. The van der Waals surface area contributed by atoms with E-state index in [0.717, 1.165) is 17.1 Å². The number of carbonyl (C=O) groups is 2. The van der Waals surface area contributed by atoms with Crippen LogP contribution < -0.4 is 20.1 Å². The van der Waals surface area contributed by atoms with Gasteiger partial charge in [0.25, 0.3) is 11.8 Å². The Morgan fingerprint density at radius 1 is 0.966 bits per heavy atom. The van der Waals surface area contributed by atoms with Gasteiger partial charge in [-0.25, -0.2) is 0 Å². The minimum absolute atomic E-state index is 0.235. The highest BCUT2D eigenvalue weighted by molar-refractivity contribution is 7.12. The highest BCUT2D eigenvalue weighted by Gasteiger charge is 2.14. The van der Waals surface area contributed by atoms with Crippen molar-refractivity contribution in [1.29, 1.82) is 0 Å². The van der Waals surface area contributed by atoms with Crippen LogP contribution in [0.5, 0.6) is 11.5 Å². The monoisotopic (exact) mass is 410 g/mol. The molecule has 0 saturated carbocycles. The zero-order valence-electron chi connectivity index (χ0n) is 16.2. The molecule has 150 valence electrons. The Bertz CT molecular complexity index is 986. The molecule has 0 aliphatic rings. The summed E-state index contributed by atoms with van der Waals surface area (Å²) in [5.41, 5.74) is 1.82. The van der Waals surface area contributed by atoms with Crippen LogP contribution in [0.1, 0.15) is 25.6 Å². The van der Waals surface area contributed by atoms with Crippen LogP contribution >= 0.6 is 11.3 Å². The highest BCUT2D eigenvalue weighted by atomic mass is 32.1. The van der Waals surface area contributed by atoms with Crippen LogP contribution in [-0.2, 0) is 6.42 Å². The lowest BCUT2D eigenvalue weighted by Gasteiger charge is -2.13. The molecule has 0 atom stereocenters. The SMILES string of the molecule is COc1ccc(OC)c(CCNC(=O)c2ccccc2NC(=O)c2cccs2)c1. The number of methoxy groups -OCH3 is 2. The van der Waals surface area contributed by atoms with Crippen LogP contribution in [0.3, 0.4) is 0 Å². The van der Waals surface area contributed by atoms with Crippen molar-refractivity contribution < 1.29 is 19.1 Å². The highest BCUT2D eigenvalue weighted by Crippen LogP contribution is 2.24. The van der Waals surface area contributed by atoms with Crippen molar-refractivity contribution in [3.8, 4) is 11.5 Å². The number of para-hydroxylation sites is 1. The Labute approximate surface area is 173 Å². The molecule has 0 bridgehead atoms. The minimum Gasteiger partial charge on any atom is -0.497 e. The molecule has 0 fully saturated rings. The molecular formula is C22H22N2O4S. The number of thiophene rings is 1. The second kappa shape index (κ2) is 9.75. The van der Waals surface area contributed by atoms with E-state index in [1.54, 1.807) is 44.6 Å². The molecule has 1 aromatic heterocycles. The largest absolute Gasteiger partial charge is 0.497 e. The van der Waals surface area contributed by atoms with Gasteiger partial charge in [-0.1, -0.05) is 18.2 Å². The van der Waals surface area contributed by atoms with Crippen molar-refractivity contribution in [2.24, 2.45) is 0 Å². The number of carbonyl (C=O) groups excluding carboxylic acids is 2. The molecule has 0 aliphatic carbocycles. The molecule has 0 aliphatic heterocycles. The van der Waals surface area contributed by atoms with Crippen LogP contribution in [0.2, 0.25) is 0 Å². The van der Waals surface area contributed by atoms with Gasteiger partial charge in [0.1, 0.15) is 11.5 Å². The maximum absolute atomic E-state index is 12.7. The number of hydrogen-bond acceptors (Lipinski definition) is 5. The zero-order valence-corrected chi connectivity index (χ0v) is 17.0. The molecule has 2 amide bonds. The van der Waals surface area contributed by atoms with Crippen molar-refractivity contribution >= 4 is 28.8 Å². The number of ether oxygens (including phenoxy) is 2. The van der Waals surface area contributed by atoms with Crippen LogP contribution in [0.15, 0.2) is 60.0 Å². The van der Waals surface area contributed by atoms with Gasteiger partial charge in [-0.05, 0) is 53.8 Å². The first-order valence-corrected chi connectivity index (χ1v) is 9.93. The molecule has 7 heteroatoms. The maximum atomic E-state index is 12.7. The Balaban J connectivity index is 1.65. The van der Waals surface area contributed by atoms with Gasteiger partial charge < -0.3 is 20.1 Å². The fourth-order valence-corrected chi connectivity index (χ4v) is 3.48. The molecule has 3 rings (SSSR count). The van der Waals surface area contributed by atoms with Crippen LogP contribution in [0.4, 0.5) is 5.69 Å². The van der Waals surface area contributed by atoms with E-state index in [1.165, 1.54) is 11.3 Å². The average molecular weight is 410 g/mol. The van der Waals surface area contributed by atoms with Crippen LogP contribution in [0, 0.1) is 0 Å². The third-order valence-corrected chi connectivity index (χ3v) is 5.20. The molecule has 29 heavy (non-hydrogen) atoms. The van der Waals surface area contributed by atoms with Gasteiger partial charge in [-0.15, -0.1) is 11.3 Å². The van der Waals surface area contributed by atoms with E-state index < -0.39 is 0 Å². The molecule has 3 aromatic rings. The lowest BCUT2D eigenvalue weighted by molar-refractivity contribution is 0.0955. The second-order valence-electron chi connectivity index (χ2n) is 6.16. The molecule has 2 N–H and O–H groups in total. The summed E-state index contributed by atoms with van der Waals surface area (Å²) in [4.78, 5) is 25.6. The third kappa shape index (κ3) is 5.14. The Morgan fingerprint density at radius 2 is 1.79 bits per heavy atom. The Morgan fingerprint density at radius 3 is 2.52 bits per heavy atom. The van der Waals surface area contributed by atoms with E-state index in [4.69, 9.17) is 9.47 Å². The van der Waals surface area contributed by atoms with Crippen molar-refractivity contribution in [2.75, 3.05) is 26.1 Å². The second-order valence-corrected chi connectivity index (χ2v) is 7.11. The van der Waals surface area contributed by atoms with Crippen LogP contribution in [0.25, 0.3) is 0 Å². The van der Waals surface area contributed by atoms with E-state index in [2.05, 4.69) is 10.6 Å². The van der Waals surface area contributed by atoms with Gasteiger partial charge in [-0.2, -0.15) is 0 Å². The molecule has 0 spiro atoms. The van der Waals surface area contributed by atoms with Gasteiger partial charge in [0.15, 0.2) is 0 Å². The summed E-state index contributed by atoms with van der Waals surface area (Å²) in [5, 5.41) is 7.54. The van der Waals surface area contributed by atoms with E-state index >= 15 is 0 Å². The van der Waals surface area contributed by atoms with Gasteiger partial charge in [0, 0.05) is 6.54 Å². The first kappa shape index (κ1) is 20.4. The Kier molecular flexibility index (Phi) is 6.86. The van der Waals surface area contributed by atoms with Crippen molar-refractivity contribution in [3.63, 3.8) is 0 Å². The first-order valence-electron chi connectivity index (χ1n) is 9.05. The smallest absolute Gasteiger partial charge is 0.265 e. The van der Waals surface area contributed by atoms with Gasteiger partial charge in [0.2, 0.25) is 0 Å². The van der Waals surface area contributed by atoms with E-state index in [0.29, 0.717) is 29.1 Å². The first-order chi connectivity index (χ1) is 14.1. The van der Waals surface area contributed by atoms with Crippen LogP contribution in [-0.4, -0.2) is 32.6 Å². The minimum atomic E-state index is -0.256. The number of amides is 2. The summed E-state index contributed by atoms with van der Waals surface area (Å²) < 4.78 is 10.6. The van der Waals surface area contributed by atoms with Crippen molar-refractivity contribution in [2.45, 2.75) is 6.42 Å². The molecule has 0 radical (unpaired) electrons. The predicted octanol–water partition coefficient (Wildman–Crippen LogP) is 3.99. The van der Waals surface area contributed by atoms with Crippen molar-refractivity contribution in [1.82, 2.24) is 5.32 Å². The fourth-order valence-electron chi connectivity index (χ4n) is 2.87. The van der Waals surface area contributed by atoms with E-state index in [1.807, 2.05) is 29.6 Å². The summed E-state index contributed by atoms with van der Waals surface area (Å²) in [6.07, 6.45) is 0.579. The number of hydrogen-bond donors (Lipinski definition) is 2. The standard InChI is InChI=1S/C22H22N2O4S/c1-27-16-9-10-19(28-2)15(14-16)11-12-23-21(25)17-6-3-4-7-18(17)24-22(26)20-8-5-13-29-20/h3-10,13-14H,11-12H2,1-2H3,(H,23,25)(H,24,26). The quantitative estimate of drug-likeness (QED) is 0.589. The summed E-state index contributed by atoms with van der Waals surface area (Å²) >= 11 is 1.35. The fraction of sp³-hybridized carbons (Fsp3) is 0.182. The summed E-state index contributed by atoms with van der Waals surface area (Å²) in [6.45, 7) is 0.412. The molecule has 0 unspecified atom stereocenters. The summed E-state index contributed by atoms with van der Waals surface area (Å²) in [6, 6.07) is 16.0. The Hall–Kier alpha value is -3.32.